The van der Waals surface area contributed by atoms with Gasteiger partial charge in [0.1, 0.15) is 0 Å². The Kier molecular flexibility index (Phi) is 3.80. The van der Waals surface area contributed by atoms with Crippen molar-refractivity contribution < 1.29 is 5.11 Å². The first-order valence-electron chi connectivity index (χ1n) is 7.06. The summed E-state index contributed by atoms with van der Waals surface area (Å²) >= 11 is 0. The SMILES string of the molecule is Cn1nncc1CN(CCO)C1CCc2ccccc21. The van der Waals surface area contributed by atoms with E-state index in [1.165, 1.54) is 11.1 Å². The highest BCUT2D eigenvalue weighted by atomic mass is 16.3. The van der Waals surface area contributed by atoms with Gasteiger partial charge >= 0.3 is 0 Å². The fourth-order valence-electron chi connectivity index (χ4n) is 3.05. The molecule has 0 radical (unpaired) electrons. The number of benzene rings is 1. The van der Waals surface area contributed by atoms with Crippen molar-refractivity contribution >= 4 is 0 Å². The largest absolute Gasteiger partial charge is 0.395 e. The van der Waals surface area contributed by atoms with Crippen molar-refractivity contribution in [1.29, 1.82) is 0 Å². The quantitative estimate of drug-likeness (QED) is 0.891. The summed E-state index contributed by atoms with van der Waals surface area (Å²) < 4.78 is 1.80. The zero-order valence-electron chi connectivity index (χ0n) is 11.7. The van der Waals surface area contributed by atoms with Crippen LogP contribution in [0.2, 0.25) is 0 Å². The molecule has 0 saturated carbocycles. The normalized spacial score (nSPS) is 17.6. The van der Waals surface area contributed by atoms with Crippen molar-refractivity contribution in [2.24, 2.45) is 7.05 Å². The van der Waals surface area contributed by atoms with Crippen LogP contribution in [0.5, 0.6) is 0 Å². The molecule has 3 rings (SSSR count). The van der Waals surface area contributed by atoms with E-state index < -0.39 is 0 Å². The van der Waals surface area contributed by atoms with Gasteiger partial charge in [0, 0.05) is 26.2 Å². The second kappa shape index (κ2) is 5.73. The van der Waals surface area contributed by atoms with E-state index in [4.69, 9.17) is 0 Å². The second-order valence-corrected chi connectivity index (χ2v) is 5.30. The Morgan fingerprint density at radius 1 is 1.40 bits per heavy atom. The van der Waals surface area contributed by atoms with Gasteiger partial charge in [-0.05, 0) is 24.0 Å². The molecule has 0 amide bonds. The molecular formula is C15H20N4O. The molecule has 1 aliphatic rings. The van der Waals surface area contributed by atoms with Crippen LogP contribution in [-0.2, 0) is 20.0 Å². The van der Waals surface area contributed by atoms with E-state index in [0.29, 0.717) is 12.6 Å². The average Bonchev–Trinajstić information content (AvgIpc) is 3.05. The Labute approximate surface area is 118 Å². The highest BCUT2D eigenvalue weighted by Crippen LogP contribution is 2.36. The molecule has 1 aromatic carbocycles. The summed E-state index contributed by atoms with van der Waals surface area (Å²) in [4.78, 5) is 2.32. The molecule has 1 N–H and O–H groups in total. The Morgan fingerprint density at radius 2 is 2.25 bits per heavy atom. The third-order valence-corrected chi connectivity index (χ3v) is 4.10. The highest BCUT2D eigenvalue weighted by Gasteiger charge is 2.27. The minimum absolute atomic E-state index is 0.171. The summed E-state index contributed by atoms with van der Waals surface area (Å²) in [6.45, 7) is 1.61. The van der Waals surface area contributed by atoms with E-state index in [-0.39, 0.29) is 6.61 Å². The lowest BCUT2D eigenvalue weighted by Crippen LogP contribution is -2.30. The van der Waals surface area contributed by atoms with Crippen molar-refractivity contribution in [3.05, 3.63) is 47.3 Å². The number of fused-ring (bicyclic) bond motifs is 1. The fraction of sp³-hybridized carbons (Fsp3) is 0.467. The van der Waals surface area contributed by atoms with Crippen molar-refractivity contribution in [3.63, 3.8) is 0 Å². The minimum Gasteiger partial charge on any atom is -0.395 e. The zero-order valence-corrected chi connectivity index (χ0v) is 11.7. The molecule has 1 atom stereocenters. The third kappa shape index (κ3) is 2.46. The van der Waals surface area contributed by atoms with Gasteiger partial charge in [-0.3, -0.25) is 9.58 Å². The molecule has 20 heavy (non-hydrogen) atoms. The number of nitrogens with zero attached hydrogens (tertiary/aromatic N) is 4. The van der Waals surface area contributed by atoms with E-state index in [2.05, 4.69) is 39.5 Å². The van der Waals surface area contributed by atoms with Crippen LogP contribution in [-0.4, -0.2) is 38.2 Å². The molecule has 5 nitrogen and oxygen atoms in total. The molecular weight excluding hydrogens is 252 g/mol. The predicted octanol–water partition coefficient (Wildman–Crippen LogP) is 1.30. The van der Waals surface area contributed by atoms with Crippen LogP contribution in [0.25, 0.3) is 0 Å². The molecule has 2 aromatic rings. The Bertz CT molecular complexity index is 581. The Balaban J connectivity index is 1.83. The van der Waals surface area contributed by atoms with Crippen LogP contribution >= 0.6 is 0 Å². The van der Waals surface area contributed by atoms with Crippen molar-refractivity contribution in [2.45, 2.75) is 25.4 Å². The maximum absolute atomic E-state index is 9.36. The molecule has 1 aromatic heterocycles. The molecule has 106 valence electrons. The van der Waals surface area contributed by atoms with E-state index >= 15 is 0 Å². The smallest absolute Gasteiger partial charge is 0.0738 e. The molecule has 1 heterocycles. The Hall–Kier alpha value is -1.72. The van der Waals surface area contributed by atoms with E-state index in [1.807, 2.05) is 7.05 Å². The summed E-state index contributed by atoms with van der Waals surface area (Å²) in [6, 6.07) is 8.99. The number of aliphatic hydroxyl groups is 1. The van der Waals surface area contributed by atoms with Gasteiger partial charge in [0.2, 0.25) is 0 Å². The first kappa shape index (κ1) is 13.3. The van der Waals surface area contributed by atoms with Gasteiger partial charge in [-0.2, -0.15) is 0 Å². The molecule has 1 aliphatic carbocycles. The van der Waals surface area contributed by atoms with Crippen molar-refractivity contribution in [1.82, 2.24) is 19.9 Å². The second-order valence-electron chi connectivity index (χ2n) is 5.30. The molecule has 0 bridgehead atoms. The highest BCUT2D eigenvalue weighted by molar-refractivity contribution is 5.34. The van der Waals surface area contributed by atoms with Gasteiger partial charge < -0.3 is 5.11 Å². The number of rotatable bonds is 5. The standard InChI is InChI=1S/C15H20N4O/c1-18-13(10-16-17-18)11-19(8-9-20)15-7-6-12-4-2-3-5-14(12)15/h2-5,10,15,20H,6-9,11H2,1H3. The molecule has 0 aliphatic heterocycles. The number of hydrogen-bond donors (Lipinski definition) is 1. The van der Waals surface area contributed by atoms with Crippen LogP contribution in [0.3, 0.4) is 0 Å². The number of aromatic nitrogens is 3. The first-order chi connectivity index (χ1) is 9.79. The van der Waals surface area contributed by atoms with Gasteiger partial charge in [-0.15, -0.1) is 5.10 Å². The molecule has 0 fully saturated rings. The lowest BCUT2D eigenvalue weighted by Gasteiger charge is -2.28. The lowest BCUT2D eigenvalue weighted by molar-refractivity contribution is 0.140. The number of hydrogen-bond acceptors (Lipinski definition) is 4. The van der Waals surface area contributed by atoms with Crippen LogP contribution in [0.4, 0.5) is 0 Å². The maximum Gasteiger partial charge on any atom is 0.0738 e. The van der Waals surface area contributed by atoms with Crippen molar-refractivity contribution in [2.75, 3.05) is 13.2 Å². The number of aliphatic hydroxyl groups excluding tert-OH is 1. The summed E-state index contributed by atoms with van der Waals surface area (Å²) in [7, 11) is 1.90. The first-order valence-corrected chi connectivity index (χ1v) is 7.06. The van der Waals surface area contributed by atoms with E-state index in [9.17, 15) is 5.11 Å². The predicted molar refractivity (Wildman–Crippen MR) is 76.0 cm³/mol. The van der Waals surface area contributed by atoms with E-state index in [0.717, 1.165) is 25.1 Å². The third-order valence-electron chi connectivity index (χ3n) is 4.10. The molecule has 0 spiro atoms. The maximum atomic E-state index is 9.36. The Morgan fingerprint density at radius 3 is 3.00 bits per heavy atom. The van der Waals surface area contributed by atoms with Crippen LogP contribution < -0.4 is 0 Å². The van der Waals surface area contributed by atoms with Gasteiger partial charge in [0.15, 0.2) is 0 Å². The van der Waals surface area contributed by atoms with Gasteiger partial charge in [-0.1, -0.05) is 29.5 Å². The van der Waals surface area contributed by atoms with Crippen LogP contribution in [0.1, 0.15) is 29.3 Å². The molecule has 5 heteroatoms. The van der Waals surface area contributed by atoms with Crippen LogP contribution in [0, 0.1) is 0 Å². The summed E-state index contributed by atoms with van der Waals surface area (Å²) in [5.74, 6) is 0. The van der Waals surface area contributed by atoms with Crippen molar-refractivity contribution in [3.8, 4) is 0 Å². The summed E-state index contributed by atoms with van der Waals surface area (Å²) in [6.07, 6.45) is 4.03. The van der Waals surface area contributed by atoms with Gasteiger partial charge in [-0.25, -0.2) is 0 Å². The summed E-state index contributed by atoms with van der Waals surface area (Å²) in [5.41, 5.74) is 3.91. The molecule has 0 saturated heterocycles. The molecule has 1 unspecified atom stereocenters. The minimum atomic E-state index is 0.171. The van der Waals surface area contributed by atoms with E-state index in [1.54, 1.807) is 10.9 Å². The average molecular weight is 272 g/mol. The fourth-order valence-corrected chi connectivity index (χ4v) is 3.05. The topological polar surface area (TPSA) is 54.2 Å². The monoisotopic (exact) mass is 272 g/mol. The lowest BCUT2D eigenvalue weighted by atomic mass is 10.1. The van der Waals surface area contributed by atoms with Crippen LogP contribution in [0.15, 0.2) is 30.5 Å². The number of aryl methyl sites for hydroxylation is 2. The summed E-state index contributed by atoms with van der Waals surface area (Å²) in [5, 5.41) is 17.3. The zero-order chi connectivity index (χ0) is 13.9. The van der Waals surface area contributed by atoms with Gasteiger partial charge in [0.05, 0.1) is 18.5 Å². The van der Waals surface area contributed by atoms with Gasteiger partial charge in [0.25, 0.3) is 0 Å².